The Balaban J connectivity index is 2.19. The van der Waals surface area contributed by atoms with Crippen LogP contribution in [0.1, 0.15) is 47.4 Å². The molecule has 1 N–H and O–H groups in total. The minimum absolute atomic E-state index is 0.0459. The van der Waals surface area contributed by atoms with Crippen molar-refractivity contribution in [3.05, 3.63) is 52.0 Å². The van der Waals surface area contributed by atoms with E-state index in [1.54, 1.807) is 6.20 Å². The van der Waals surface area contributed by atoms with E-state index in [1.165, 1.54) is 11.3 Å². The van der Waals surface area contributed by atoms with E-state index >= 15 is 0 Å². The number of rotatable bonds is 5. The molecule has 0 fully saturated rings. The Bertz CT molecular complexity index is 579. The zero-order chi connectivity index (χ0) is 14.6. The zero-order valence-electron chi connectivity index (χ0n) is 12.1. The van der Waals surface area contributed by atoms with Crippen LogP contribution in [0.25, 0.3) is 0 Å². The maximum atomic E-state index is 12.4. The van der Waals surface area contributed by atoms with Gasteiger partial charge in [0.25, 0.3) is 5.91 Å². The molecule has 106 valence electrons. The van der Waals surface area contributed by atoms with Crippen LogP contribution in [0.5, 0.6) is 0 Å². The zero-order valence-corrected chi connectivity index (χ0v) is 13.0. The SMILES string of the molecule is CCc1ncc(C(=O)NC(C)(CC)c2ccccc2)s1. The number of nitrogens with zero attached hydrogens (tertiary/aromatic N) is 1. The highest BCUT2D eigenvalue weighted by atomic mass is 32.1. The van der Waals surface area contributed by atoms with Crippen LogP contribution in [0.2, 0.25) is 0 Å². The fourth-order valence-electron chi connectivity index (χ4n) is 2.06. The molecular formula is C16H20N2OS. The number of hydrogen-bond donors (Lipinski definition) is 1. The third kappa shape index (κ3) is 3.07. The molecule has 0 bridgehead atoms. The average molecular weight is 288 g/mol. The molecule has 0 saturated heterocycles. The van der Waals surface area contributed by atoms with E-state index in [9.17, 15) is 4.79 Å². The summed E-state index contributed by atoms with van der Waals surface area (Å²) in [6, 6.07) is 10.1. The van der Waals surface area contributed by atoms with Crippen molar-refractivity contribution in [2.24, 2.45) is 0 Å². The van der Waals surface area contributed by atoms with Gasteiger partial charge < -0.3 is 5.32 Å². The standard InChI is InChI=1S/C16H20N2OS/c1-4-14-17-11-13(20-14)15(19)18-16(3,5-2)12-9-7-6-8-10-12/h6-11H,4-5H2,1-3H3,(H,18,19). The molecule has 2 aromatic rings. The van der Waals surface area contributed by atoms with Crippen molar-refractivity contribution in [1.29, 1.82) is 0 Å². The normalized spacial score (nSPS) is 13.8. The molecule has 1 aromatic carbocycles. The smallest absolute Gasteiger partial charge is 0.263 e. The summed E-state index contributed by atoms with van der Waals surface area (Å²) in [6.45, 7) is 6.18. The number of benzene rings is 1. The van der Waals surface area contributed by atoms with E-state index in [0.717, 1.165) is 23.4 Å². The Hall–Kier alpha value is -1.68. The Morgan fingerprint density at radius 2 is 2.00 bits per heavy atom. The predicted molar refractivity (Wildman–Crippen MR) is 83.0 cm³/mol. The third-order valence-electron chi connectivity index (χ3n) is 3.59. The number of nitrogens with one attached hydrogen (secondary N) is 1. The van der Waals surface area contributed by atoms with E-state index in [4.69, 9.17) is 0 Å². The molecule has 0 radical (unpaired) electrons. The number of carbonyl (C=O) groups excluding carboxylic acids is 1. The first kappa shape index (κ1) is 14.7. The van der Waals surface area contributed by atoms with E-state index in [1.807, 2.05) is 37.3 Å². The maximum Gasteiger partial charge on any atom is 0.263 e. The highest BCUT2D eigenvalue weighted by Crippen LogP contribution is 2.25. The Labute approximate surface area is 124 Å². The lowest BCUT2D eigenvalue weighted by Gasteiger charge is -2.30. The van der Waals surface area contributed by atoms with E-state index in [0.29, 0.717) is 4.88 Å². The van der Waals surface area contributed by atoms with Crippen LogP contribution in [0.3, 0.4) is 0 Å². The molecule has 1 amide bonds. The van der Waals surface area contributed by atoms with Crippen molar-refractivity contribution in [3.63, 3.8) is 0 Å². The summed E-state index contributed by atoms with van der Waals surface area (Å²) in [5.74, 6) is -0.0459. The molecule has 20 heavy (non-hydrogen) atoms. The number of hydrogen-bond acceptors (Lipinski definition) is 3. The van der Waals surface area contributed by atoms with Gasteiger partial charge in [0, 0.05) is 0 Å². The monoisotopic (exact) mass is 288 g/mol. The van der Waals surface area contributed by atoms with Gasteiger partial charge >= 0.3 is 0 Å². The molecule has 0 saturated carbocycles. The first-order chi connectivity index (χ1) is 9.59. The highest BCUT2D eigenvalue weighted by molar-refractivity contribution is 7.13. The summed E-state index contributed by atoms with van der Waals surface area (Å²) in [7, 11) is 0. The summed E-state index contributed by atoms with van der Waals surface area (Å²) >= 11 is 1.46. The van der Waals surface area contributed by atoms with Crippen molar-refractivity contribution in [1.82, 2.24) is 10.3 Å². The van der Waals surface area contributed by atoms with Gasteiger partial charge in [-0.1, -0.05) is 44.2 Å². The number of carbonyl (C=O) groups is 1. The van der Waals surface area contributed by atoms with Crippen molar-refractivity contribution in [2.45, 2.75) is 39.2 Å². The van der Waals surface area contributed by atoms with Crippen LogP contribution in [-0.2, 0) is 12.0 Å². The fraction of sp³-hybridized carbons (Fsp3) is 0.375. The lowest BCUT2D eigenvalue weighted by Crippen LogP contribution is -2.42. The topological polar surface area (TPSA) is 42.0 Å². The van der Waals surface area contributed by atoms with Crippen molar-refractivity contribution in [2.75, 3.05) is 0 Å². The molecular weight excluding hydrogens is 268 g/mol. The van der Waals surface area contributed by atoms with Crippen LogP contribution in [-0.4, -0.2) is 10.9 Å². The number of thiazole rings is 1. The number of amides is 1. The largest absolute Gasteiger partial charge is 0.342 e. The fourth-order valence-corrected chi connectivity index (χ4v) is 2.81. The molecule has 1 unspecified atom stereocenters. The lowest BCUT2D eigenvalue weighted by molar-refractivity contribution is 0.0906. The van der Waals surface area contributed by atoms with Gasteiger partial charge in [0.1, 0.15) is 4.88 Å². The second-order valence-corrected chi connectivity index (χ2v) is 6.09. The van der Waals surface area contributed by atoms with E-state index in [2.05, 4.69) is 24.1 Å². The summed E-state index contributed by atoms with van der Waals surface area (Å²) in [5.41, 5.74) is 0.769. The second kappa shape index (κ2) is 6.18. The van der Waals surface area contributed by atoms with Gasteiger partial charge in [-0.3, -0.25) is 4.79 Å². The quantitative estimate of drug-likeness (QED) is 0.910. The minimum Gasteiger partial charge on any atom is -0.342 e. The minimum atomic E-state index is -0.352. The molecule has 0 aliphatic carbocycles. The van der Waals surface area contributed by atoms with Gasteiger partial charge in [0.15, 0.2) is 0 Å². The molecule has 0 spiro atoms. The van der Waals surface area contributed by atoms with E-state index < -0.39 is 0 Å². The molecule has 1 atom stereocenters. The lowest BCUT2D eigenvalue weighted by atomic mass is 9.89. The molecule has 3 nitrogen and oxygen atoms in total. The van der Waals surface area contributed by atoms with Crippen LogP contribution in [0.4, 0.5) is 0 Å². The van der Waals surface area contributed by atoms with Gasteiger partial charge in [-0.05, 0) is 25.3 Å². The number of aromatic nitrogens is 1. The number of aryl methyl sites for hydroxylation is 1. The second-order valence-electron chi connectivity index (χ2n) is 4.98. The van der Waals surface area contributed by atoms with Crippen LogP contribution in [0.15, 0.2) is 36.5 Å². The van der Waals surface area contributed by atoms with Crippen LogP contribution >= 0.6 is 11.3 Å². The predicted octanol–water partition coefficient (Wildman–Crippen LogP) is 3.76. The van der Waals surface area contributed by atoms with Gasteiger partial charge in [-0.2, -0.15) is 0 Å². The van der Waals surface area contributed by atoms with Crippen molar-refractivity contribution < 1.29 is 4.79 Å². The molecule has 0 aliphatic heterocycles. The van der Waals surface area contributed by atoms with Gasteiger partial charge in [0.05, 0.1) is 16.7 Å². The van der Waals surface area contributed by atoms with Crippen LogP contribution in [0, 0.1) is 0 Å². The molecule has 2 rings (SSSR count). The Kier molecular flexibility index (Phi) is 4.55. The average Bonchev–Trinajstić information content (AvgIpc) is 2.97. The summed E-state index contributed by atoms with van der Waals surface area (Å²) in [6.07, 6.45) is 3.36. The third-order valence-corrected chi connectivity index (χ3v) is 4.73. The van der Waals surface area contributed by atoms with E-state index in [-0.39, 0.29) is 11.4 Å². The first-order valence-electron chi connectivity index (χ1n) is 6.91. The first-order valence-corrected chi connectivity index (χ1v) is 7.73. The van der Waals surface area contributed by atoms with Crippen molar-refractivity contribution >= 4 is 17.2 Å². The summed E-state index contributed by atoms with van der Waals surface area (Å²) in [4.78, 5) is 17.3. The molecule has 0 aliphatic rings. The van der Waals surface area contributed by atoms with Gasteiger partial charge in [-0.15, -0.1) is 11.3 Å². The Morgan fingerprint density at radius 3 is 2.55 bits per heavy atom. The molecule has 1 heterocycles. The Morgan fingerprint density at radius 1 is 1.30 bits per heavy atom. The van der Waals surface area contributed by atoms with Gasteiger partial charge in [-0.25, -0.2) is 4.98 Å². The molecule has 1 aromatic heterocycles. The van der Waals surface area contributed by atoms with Crippen molar-refractivity contribution in [3.8, 4) is 0 Å². The highest BCUT2D eigenvalue weighted by Gasteiger charge is 2.27. The molecule has 4 heteroatoms. The maximum absolute atomic E-state index is 12.4. The summed E-state index contributed by atoms with van der Waals surface area (Å²) in [5, 5.41) is 4.14. The van der Waals surface area contributed by atoms with Crippen LogP contribution < -0.4 is 5.32 Å². The summed E-state index contributed by atoms with van der Waals surface area (Å²) < 4.78 is 0. The van der Waals surface area contributed by atoms with Gasteiger partial charge in [0.2, 0.25) is 0 Å².